The van der Waals surface area contributed by atoms with Crippen LogP contribution in [0.1, 0.15) is 29.7 Å². The number of benzene rings is 7. The van der Waals surface area contributed by atoms with E-state index in [-0.39, 0.29) is 41.4 Å². The molecule has 1 aliphatic heterocycles. The van der Waals surface area contributed by atoms with Crippen LogP contribution in [0.5, 0.6) is 0 Å². The van der Waals surface area contributed by atoms with Crippen molar-refractivity contribution >= 4 is 44.4 Å². The molecular formula is C43H29N3O. The van der Waals surface area contributed by atoms with Crippen LogP contribution in [0.15, 0.2) is 178 Å². The Labute approximate surface area is 279 Å². The van der Waals surface area contributed by atoms with Gasteiger partial charge in [0, 0.05) is 21.9 Å². The number of hydrogen-bond acceptors (Lipinski definition) is 4. The Morgan fingerprint density at radius 1 is 0.532 bits per heavy atom. The summed E-state index contributed by atoms with van der Waals surface area (Å²) >= 11 is 0. The summed E-state index contributed by atoms with van der Waals surface area (Å²) in [5.41, 5.74) is 6.54. The summed E-state index contributed by atoms with van der Waals surface area (Å²) < 4.78 is 49.1. The molecule has 7 aromatic carbocycles. The van der Waals surface area contributed by atoms with Gasteiger partial charge in [-0.25, -0.2) is 9.98 Å². The van der Waals surface area contributed by atoms with Crippen LogP contribution >= 0.6 is 0 Å². The zero-order valence-electron chi connectivity index (χ0n) is 30.1. The summed E-state index contributed by atoms with van der Waals surface area (Å²) in [5, 5.41) is 6.34. The Morgan fingerprint density at radius 2 is 1.28 bits per heavy atom. The monoisotopic (exact) mass is 608 g/mol. The molecule has 1 atom stereocenters. The Bertz CT molecular complexity index is 2780. The molecule has 0 aliphatic carbocycles. The first-order valence-electron chi connectivity index (χ1n) is 17.9. The normalized spacial score (nSPS) is 16.1. The van der Waals surface area contributed by atoms with E-state index < -0.39 is 6.17 Å². The Balaban J connectivity index is 1.29. The summed E-state index contributed by atoms with van der Waals surface area (Å²) in [7, 11) is 0. The largest absolute Gasteiger partial charge is 0.456 e. The minimum absolute atomic E-state index is 0.0298. The van der Waals surface area contributed by atoms with Crippen molar-refractivity contribution in [3.63, 3.8) is 0 Å². The van der Waals surface area contributed by atoms with Gasteiger partial charge in [0.25, 0.3) is 0 Å². The molecule has 4 nitrogen and oxygen atoms in total. The quantitative estimate of drug-likeness (QED) is 0.211. The first-order valence-corrected chi connectivity index (χ1v) is 15.4. The molecule has 0 fully saturated rings. The first-order chi connectivity index (χ1) is 25.3. The van der Waals surface area contributed by atoms with Gasteiger partial charge in [-0.1, -0.05) is 139 Å². The van der Waals surface area contributed by atoms with Crippen molar-refractivity contribution in [2.45, 2.75) is 6.17 Å². The highest BCUT2D eigenvalue weighted by Gasteiger charge is 2.24. The van der Waals surface area contributed by atoms with Gasteiger partial charge >= 0.3 is 0 Å². The maximum Gasteiger partial charge on any atom is 0.169 e. The predicted molar refractivity (Wildman–Crippen MR) is 194 cm³/mol. The van der Waals surface area contributed by atoms with E-state index in [9.17, 15) is 0 Å². The van der Waals surface area contributed by atoms with Crippen molar-refractivity contribution < 1.29 is 11.3 Å². The number of para-hydroxylation sites is 1. The van der Waals surface area contributed by atoms with Crippen LogP contribution in [0.25, 0.3) is 55.0 Å². The van der Waals surface area contributed by atoms with Gasteiger partial charge in [0.05, 0.1) is 6.85 Å². The lowest BCUT2D eigenvalue weighted by Crippen LogP contribution is -2.36. The van der Waals surface area contributed by atoms with Gasteiger partial charge in [-0.15, -0.1) is 0 Å². The molecule has 4 heteroatoms. The van der Waals surface area contributed by atoms with Gasteiger partial charge in [-0.2, -0.15) is 0 Å². The van der Waals surface area contributed by atoms with Crippen molar-refractivity contribution in [3.8, 4) is 22.3 Å². The van der Waals surface area contributed by atoms with Gasteiger partial charge in [-0.05, 0) is 62.8 Å². The molecule has 2 heterocycles. The lowest BCUT2D eigenvalue weighted by atomic mass is 9.92. The SMILES string of the molecule is [2H]c1cc2c(oc3c([2H])cc([2H])c(C4=NC(c5ccc(-c6ccccc6)c(-c6ccccc6)c5)N=C(c5ccc6ccccc6c5)N4)c32)c([2H])c1[2H]. The van der Waals surface area contributed by atoms with E-state index >= 15 is 0 Å². The van der Waals surface area contributed by atoms with Crippen LogP contribution in [0.2, 0.25) is 0 Å². The van der Waals surface area contributed by atoms with Crippen LogP contribution in [-0.4, -0.2) is 11.7 Å². The summed E-state index contributed by atoms with van der Waals surface area (Å²) in [6.45, 7) is 0. The molecule has 0 bridgehead atoms. The number of furan rings is 1. The molecule has 9 rings (SSSR count). The summed E-state index contributed by atoms with van der Waals surface area (Å²) in [6, 6.07) is 43.2. The minimum Gasteiger partial charge on any atom is -0.456 e. The highest BCUT2D eigenvalue weighted by molar-refractivity contribution is 6.23. The summed E-state index contributed by atoms with van der Waals surface area (Å²) in [4.78, 5) is 10.3. The number of hydrogen-bond donors (Lipinski definition) is 1. The molecule has 0 radical (unpaired) electrons. The molecule has 1 N–H and O–H groups in total. The van der Waals surface area contributed by atoms with Crippen molar-refractivity contribution in [1.82, 2.24) is 5.32 Å². The van der Waals surface area contributed by atoms with E-state index in [1.165, 1.54) is 12.1 Å². The molecule has 1 unspecified atom stereocenters. The second-order valence-electron chi connectivity index (χ2n) is 11.4. The summed E-state index contributed by atoms with van der Waals surface area (Å²) in [5.74, 6) is 0.905. The number of nitrogens with zero attached hydrogens (tertiary/aromatic N) is 2. The van der Waals surface area contributed by atoms with E-state index in [1.54, 1.807) is 0 Å². The molecule has 0 amide bonds. The van der Waals surface area contributed by atoms with Crippen LogP contribution < -0.4 is 5.32 Å². The van der Waals surface area contributed by atoms with Crippen LogP contribution in [0.4, 0.5) is 0 Å². The van der Waals surface area contributed by atoms with Gasteiger partial charge in [0.15, 0.2) is 6.17 Å². The van der Waals surface area contributed by atoms with E-state index in [1.807, 2.05) is 66.7 Å². The molecule has 0 saturated carbocycles. The molecule has 1 aliphatic rings. The predicted octanol–water partition coefficient (Wildman–Crippen LogP) is 10.6. The topological polar surface area (TPSA) is 49.9 Å². The highest BCUT2D eigenvalue weighted by atomic mass is 16.3. The second kappa shape index (κ2) is 11.3. The number of nitrogens with one attached hydrogen (secondary N) is 1. The minimum atomic E-state index is -0.716. The number of amidine groups is 2. The Hall–Kier alpha value is -6.26. The molecule has 0 saturated heterocycles. The molecule has 222 valence electrons. The van der Waals surface area contributed by atoms with Crippen molar-refractivity contribution in [2.75, 3.05) is 0 Å². The fourth-order valence-electron chi connectivity index (χ4n) is 6.32. The molecule has 1 aromatic heterocycles. The number of aliphatic imine (C=N–C) groups is 2. The fourth-order valence-corrected chi connectivity index (χ4v) is 6.32. The van der Waals surface area contributed by atoms with E-state index in [0.717, 1.165) is 44.2 Å². The van der Waals surface area contributed by atoms with Crippen LogP contribution in [0, 0.1) is 0 Å². The molecular weight excluding hydrogens is 574 g/mol. The Morgan fingerprint density at radius 3 is 2.11 bits per heavy atom. The van der Waals surface area contributed by atoms with Crippen LogP contribution in [0.3, 0.4) is 0 Å². The van der Waals surface area contributed by atoms with Crippen molar-refractivity contribution in [2.24, 2.45) is 9.98 Å². The third-order valence-electron chi connectivity index (χ3n) is 8.59. The van der Waals surface area contributed by atoms with E-state index in [0.29, 0.717) is 28.0 Å². The smallest absolute Gasteiger partial charge is 0.169 e. The van der Waals surface area contributed by atoms with Gasteiger partial charge < -0.3 is 9.73 Å². The third-order valence-corrected chi connectivity index (χ3v) is 8.59. The zero-order valence-corrected chi connectivity index (χ0v) is 25.1. The number of rotatable bonds is 5. The molecule has 8 aromatic rings. The second-order valence-corrected chi connectivity index (χ2v) is 11.4. The number of fused-ring (bicyclic) bond motifs is 4. The molecule has 0 spiro atoms. The Kier molecular flexibility index (Phi) is 5.34. The molecule has 47 heavy (non-hydrogen) atoms. The lowest BCUT2D eigenvalue weighted by Gasteiger charge is -2.24. The van der Waals surface area contributed by atoms with Gasteiger partial charge in [-0.3, -0.25) is 0 Å². The van der Waals surface area contributed by atoms with Crippen molar-refractivity contribution in [3.05, 3.63) is 180 Å². The van der Waals surface area contributed by atoms with Gasteiger partial charge in [0.2, 0.25) is 0 Å². The lowest BCUT2D eigenvalue weighted by molar-refractivity contribution is 0.669. The zero-order chi connectivity index (χ0) is 35.5. The fraction of sp³-hybridized carbons (Fsp3) is 0.0233. The van der Waals surface area contributed by atoms with Gasteiger partial charge in [0.1, 0.15) is 22.8 Å². The standard InChI is InChI=1S/C43H29N3O/c1-3-13-29(14-4-1)34-25-24-33(27-37(34)30-15-5-2-6-16-30)42-44-41(32-23-22-28-12-7-8-17-31(28)26-32)45-43(46-42)36-19-11-21-39-40(36)35-18-9-10-20-38(35)47-39/h1-27,42H,(H,44,45,46)/i9D,10D,19D,20D,21D. The van der Waals surface area contributed by atoms with E-state index in [4.69, 9.17) is 21.3 Å². The third kappa shape index (κ3) is 4.88. The maximum absolute atomic E-state index is 9.16. The van der Waals surface area contributed by atoms with Crippen molar-refractivity contribution in [1.29, 1.82) is 0 Å². The average molecular weight is 609 g/mol. The average Bonchev–Trinajstić information content (AvgIpc) is 3.56. The highest BCUT2D eigenvalue weighted by Crippen LogP contribution is 2.37. The van der Waals surface area contributed by atoms with Crippen LogP contribution in [-0.2, 0) is 0 Å². The van der Waals surface area contributed by atoms with E-state index in [2.05, 4.69) is 59.9 Å². The first kappa shape index (κ1) is 22.3. The maximum atomic E-state index is 9.16. The summed E-state index contributed by atoms with van der Waals surface area (Å²) in [6.07, 6.45) is -0.716.